The van der Waals surface area contributed by atoms with Crippen LogP contribution in [0, 0.1) is 5.92 Å². The van der Waals surface area contributed by atoms with Crippen LogP contribution in [-0.2, 0) is 16.1 Å². The Hall–Kier alpha value is -2.01. The van der Waals surface area contributed by atoms with Crippen molar-refractivity contribution in [3.05, 3.63) is 35.5 Å². The van der Waals surface area contributed by atoms with E-state index in [4.69, 9.17) is 17.3 Å². The zero-order valence-electron chi connectivity index (χ0n) is 13.0. The molecule has 1 fully saturated rings. The van der Waals surface area contributed by atoms with Gasteiger partial charge in [0.2, 0.25) is 11.8 Å². The van der Waals surface area contributed by atoms with E-state index in [-0.39, 0.29) is 30.3 Å². The first-order valence-electron chi connectivity index (χ1n) is 7.79. The van der Waals surface area contributed by atoms with Crippen LogP contribution in [0.2, 0.25) is 5.02 Å². The van der Waals surface area contributed by atoms with E-state index in [1.807, 2.05) is 42.0 Å². The summed E-state index contributed by atoms with van der Waals surface area (Å²) >= 11 is 6.05. The fraction of sp³-hybridized carbons (Fsp3) is 0.412. The number of halogens is 1. The summed E-state index contributed by atoms with van der Waals surface area (Å²) in [5, 5.41) is 1.69. The third kappa shape index (κ3) is 3.20. The van der Waals surface area contributed by atoms with Gasteiger partial charge in [-0.1, -0.05) is 17.7 Å². The van der Waals surface area contributed by atoms with Gasteiger partial charge in [0.25, 0.3) is 0 Å². The number of hydrogen-bond acceptors (Lipinski definition) is 2. The molecule has 1 aliphatic rings. The van der Waals surface area contributed by atoms with Crippen molar-refractivity contribution in [2.75, 3.05) is 6.54 Å². The standard InChI is InChI=1S/C17H20ClN3O2/c1-11-2-3-13(17(19)23)9-21(11)16(22)10-20-7-6-12-4-5-14(18)8-15(12)20/h4-8,11,13H,2-3,9-10H2,1H3,(H2,19,23)/t11-,13+/m0/s1. The first kappa shape index (κ1) is 15.9. The van der Waals surface area contributed by atoms with Crippen LogP contribution < -0.4 is 5.73 Å². The quantitative estimate of drug-likeness (QED) is 0.937. The number of rotatable bonds is 3. The smallest absolute Gasteiger partial charge is 0.242 e. The minimum absolute atomic E-state index is 0.000857. The molecule has 2 atom stereocenters. The number of amides is 2. The van der Waals surface area contributed by atoms with E-state index in [0.717, 1.165) is 23.7 Å². The first-order chi connectivity index (χ1) is 11.0. The first-order valence-corrected chi connectivity index (χ1v) is 8.16. The Kier molecular flexibility index (Phi) is 4.31. The van der Waals surface area contributed by atoms with Gasteiger partial charge in [0, 0.05) is 29.3 Å². The maximum absolute atomic E-state index is 12.7. The molecule has 0 saturated carbocycles. The van der Waals surface area contributed by atoms with Crippen molar-refractivity contribution in [2.24, 2.45) is 11.7 Å². The summed E-state index contributed by atoms with van der Waals surface area (Å²) in [7, 11) is 0. The predicted octanol–water partition coefficient (Wildman–Crippen LogP) is 2.41. The van der Waals surface area contributed by atoms with Crippen molar-refractivity contribution in [3.63, 3.8) is 0 Å². The third-order valence-electron chi connectivity index (χ3n) is 4.65. The summed E-state index contributed by atoms with van der Waals surface area (Å²) in [4.78, 5) is 25.9. The Morgan fingerprint density at radius 2 is 2.09 bits per heavy atom. The Morgan fingerprint density at radius 1 is 1.30 bits per heavy atom. The van der Waals surface area contributed by atoms with Crippen molar-refractivity contribution in [1.29, 1.82) is 0 Å². The van der Waals surface area contributed by atoms with Crippen molar-refractivity contribution < 1.29 is 9.59 Å². The minimum atomic E-state index is -0.326. The van der Waals surface area contributed by atoms with E-state index in [1.54, 1.807) is 4.90 Å². The Balaban J connectivity index is 1.79. The molecule has 2 heterocycles. The number of aromatic nitrogens is 1. The Morgan fingerprint density at radius 3 is 2.83 bits per heavy atom. The molecule has 1 aliphatic heterocycles. The molecule has 2 N–H and O–H groups in total. The van der Waals surface area contributed by atoms with Gasteiger partial charge in [0.05, 0.1) is 5.92 Å². The summed E-state index contributed by atoms with van der Waals surface area (Å²) in [6.45, 7) is 2.66. The maximum Gasteiger partial charge on any atom is 0.242 e. The van der Waals surface area contributed by atoms with E-state index >= 15 is 0 Å². The number of likely N-dealkylation sites (tertiary alicyclic amines) is 1. The number of benzene rings is 1. The molecule has 23 heavy (non-hydrogen) atoms. The highest BCUT2D eigenvalue weighted by Crippen LogP contribution is 2.24. The molecule has 0 radical (unpaired) electrons. The van der Waals surface area contributed by atoms with Gasteiger partial charge >= 0.3 is 0 Å². The predicted molar refractivity (Wildman–Crippen MR) is 90.0 cm³/mol. The molecule has 3 rings (SSSR count). The lowest BCUT2D eigenvalue weighted by atomic mass is 9.93. The van der Waals surface area contributed by atoms with Crippen LogP contribution in [0.5, 0.6) is 0 Å². The second-order valence-corrected chi connectivity index (χ2v) is 6.65. The van der Waals surface area contributed by atoms with Crippen LogP contribution in [0.1, 0.15) is 19.8 Å². The topological polar surface area (TPSA) is 68.3 Å². The van der Waals surface area contributed by atoms with Gasteiger partial charge in [-0.3, -0.25) is 9.59 Å². The van der Waals surface area contributed by atoms with Crippen molar-refractivity contribution in [1.82, 2.24) is 9.47 Å². The van der Waals surface area contributed by atoms with Crippen molar-refractivity contribution in [2.45, 2.75) is 32.4 Å². The molecule has 0 bridgehead atoms. The van der Waals surface area contributed by atoms with E-state index in [0.29, 0.717) is 11.6 Å². The van der Waals surface area contributed by atoms with E-state index in [1.165, 1.54) is 0 Å². The van der Waals surface area contributed by atoms with Gasteiger partial charge in [-0.15, -0.1) is 0 Å². The summed E-state index contributed by atoms with van der Waals surface area (Å²) in [5.41, 5.74) is 6.34. The maximum atomic E-state index is 12.7. The van der Waals surface area contributed by atoms with Crippen molar-refractivity contribution in [3.8, 4) is 0 Å². The molecule has 6 heteroatoms. The number of nitrogens with two attached hydrogens (primary N) is 1. The molecule has 0 aliphatic carbocycles. The highest BCUT2D eigenvalue weighted by atomic mass is 35.5. The van der Waals surface area contributed by atoms with Gasteiger partial charge in [0.1, 0.15) is 6.54 Å². The molecular formula is C17H20ClN3O2. The molecule has 1 aromatic heterocycles. The van der Waals surface area contributed by atoms with Crippen LogP contribution in [0.3, 0.4) is 0 Å². The molecule has 0 spiro atoms. The molecule has 2 aromatic rings. The lowest BCUT2D eigenvalue weighted by Crippen LogP contribution is -2.49. The average molecular weight is 334 g/mol. The fourth-order valence-electron chi connectivity index (χ4n) is 3.22. The lowest BCUT2D eigenvalue weighted by molar-refractivity contribution is -0.138. The van der Waals surface area contributed by atoms with Crippen LogP contribution >= 0.6 is 11.6 Å². The Bertz CT molecular complexity index is 755. The van der Waals surface area contributed by atoms with Crippen LogP contribution in [0.15, 0.2) is 30.5 Å². The molecule has 1 aromatic carbocycles. The number of fused-ring (bicyclic) bond motifs is 1. The average Bonchev–Trinajstić information content (AvgIpc) is 2.89. The fourth-order valence-corrected chi connectivity index (χ4v) is 3.38. The molecule has 2 amide bonds. The zero-order valence-corrected chi connectivity index (χ0v) is 13.8. The van der Waals surface area contributed by atoms with Gasteiger partial charge in [-0.25, -0.2) is 0 Å². The third-order valence-corrected chi connectivity index (χ3v) is 4.88. The van der Waals surface area contributed by atoms with Gasteiger partial charge < -0.3 is 15.2 Å². The molecule has 5 nitrogen and oxygen atoms in total. The normalized spacial score (nSPS) is 21.6. The number of nitrogens with zero attached hydrogens (tertiary/aromatic N) is 2. The summed E-state index contributed by atoms with van der Waals surface area (Å²) in [6, 6.07) is 7.72. The van der Waals surface area contributed by atoms with Gasteiger partial charge in [-0.05, 0) is 43.4 Å². The number of piperidine rings is 1. The van der Waals surface area contributed by atoms with E-state index < -0.39 is 0 Å². The number of primary amides is 1. The molecule has 122 valence electrons. The van der Waals surface area contributed by atoms with Gasteiger partial charge in [-0.2, -0.15) is 0 Å². The lowest BCUT2D eigenvalue weighted by Gasteiger charge is -2.37. The second kappa shape index (κ2) is 6.24. The second-order valence-electron chi connectivity index (χ2n) is 6.22. The van der Waals surface area contributed by atoms with Crippen molar-refractivity contribution >= 4 is 34.3 Å². The van der Waals surface area contributed by atoms with Crippen LogP contribution in [0.4, 0.5) is 0 Å². The summed E-state index contributed by atoms with van der Waals surface area (Å²) in [5.74, 6) is -0.570. The summed E-state index contributed by atoms with van der Waals surface area (Å²) in [6.07, 6.45) is 3.44. The van der Waals surface area contributed by atoms with E-state index in [9.17, 15) is 9.59 Å². The number of hydrogen-bond donors (Lipinski definition) is 1. The SMILES string of the molecule is C[C@H]1CC[C@@H](C(N)=O)CN1C(=O)Cn1ccc2ccc(Cl)cc21. The van der Waals surface area contributed by atoms with E-state index in [2.05, 4.69) is 0 Å². The highest BCUT2D eigenvalue weighted by molar-refractivity contribution is 6.31. The molecule has 0 unspecified atom stereocenters. The van der Waals surface area contributed by atoms with Crippen LogP contribution in [0.25, 0.3) is 10.9 Å². The number of carbonyl (C=O) groups is 2. The Labute approximate surface area is 140 Å². The van der Waals surface area contributed by atoms with Gasteiger partial charge in [0.15, 0.2) is 0 Å². The monoisotopic (exact) mass is 333 g/mol. The highest BCUT2D eigenvalue weighted by Gasteiger charge is 2.31. The molecular weight excluding hydrogens is 314 g/mol. The molecule has 1 saturated heterocycles. The van der Waals surface area contributed by atoms with Crippen LogP contribution in [-0.4, -0.2) is 33.9 Å². The number of carbonyl (C=O) groups excluding carboxylic acids is 2. The zero-order chi connectivity index (χ0) is 16.6. The largest absolute Gasteiger partial charge is 0.369 e. The summed E-state index contributed by atoms with van der Waals surface area (Å²) < 4.78 is 1.89. The minimum Gasteiger partial charge on any atom is -0.369 e.